The van der Waals surface area contributed by atoms with Crippen LogP contribution in [0, 0.1) is 5.92 Å². The van der Waals surface area contributed by atoms with E-state index in [0.29, 0.717) is 12.8 Å². The number of carbonyl (C=O) groups excluding carboxylic acids is 2. The Morgan fingerprint density at radius 1 is 1.21 bits per heavy atom. The zero-order chi connectivity index (χ0) is 15.0. The normalized spacial score (nSPS) is 13.5. The van der Waals surface area contributed by atoms with E-state index in [2.05, 4.69) is 15.4 Å². The molecule has 0 heterocycles. The van der Waals surface area contributed by atoms with Crippen molar-refractivity contribution in [2.24, 2.45) is 5.92 Å². The lowest BCUT2D eigenvalue weighted by Crippen LogP contribution is -2.52. The molecule has 0 bridgehead atoms. The highest BCUT2D eigenvalue weighted by molar-refractivity contribution is 5.86. The number of carboxylic acids is 1. The van der Waals surface area contributed by atoms with Crippen molar-refractivity contribution in [1.82, 2.24) is 10.6 Å². The predicted molar refractivity (Wildman–Crippen MR) is 68.6 cm³/mol. The van der Waals surface area contributed by atoms with Crippen LogP contribution in [0.15, 0.2) is 0 Å². The van der Waals surface area contributed by atoms with Crippen molar-refractivity contribution in [3.8, 4) is 0 Å². The molecule has 0 rings (SSSR count). The molecule has 0 fully saturated rings. The highest BCUT2D eigenvalue weighted by Gasteiger charge is 2.26. The van der Waals surface area contributed by atoms with Crippen molar-refractivity contribution in [3.05, 3.63) is 0 Å². The molecule has 0 spiro atoms. The van der Waals surface area contributed by atoms with Gasteiger partial charge in [0.2, 0.25) is 0 Å². The first-order valence-corrected chi connectivity index (χ1v) is 6.21. The number of aliphatic carboxylic acids is 1. The third-order valence-electron chi connectivity index (χ3n) is 2.59. The van der Waals surface area contributed by atoms with Gasteiger partial charge in [-0.15, -0.1) is 0 Å². The van der Waals surface area contributed by atoms with Crippen LogP contribution in [0.1, 0.15) is 33.6 Å². The molecule has 7 heteroatoms. The number of amides is 2. The molecule has 0 aromatic rings. The lowest BCUT2D eigenvalue weighted by Gasteiger charge is -2.21. The van der Waals surface area contributed by atoms with Gasteiger partial charge in [-0.1, -0.05) is 27.2 Å². The molecule has 110 valence electrons. The Kier molecular flexibility index (Phi) is 7.55. The SMILES string of the molecule is CCC[C@@H](NC(=O)NC(C(=O)OC)C(C)C)C(=O)O. The lowest BCUT2D eigenvalue weighted by atomic mass is 10.1. The van der Waals surface area contributed by atoms with E-state index in [1.54, 1.807) is 13.8 Å². The monoisotopic (exact) mass is 274 g/mol. The largest absolute Gasteiger partial charge is 0.480 e. The highest BCUT2D eigenvalue weighted by atomic mass is 16.5. The fourth-order valence-electron chi connectivity index (χ4n) is 1.51. The number of hydrogen-bond acceptors (Lipinski definition) is 4. The first-order valence-electron chi connectivity index (χ1n) is 6.21. The summed E-state index contributed by atoms with van der Waals surface area (Å²) in [5.74, 6) is -1.82. The summed E-state index contributed by atoms with van der Waals surface area (Å²) in [6, 6.07) is -2.46. The number of ether oxygens (including phenoxy) is 1. The summed E-state index contributed by atoms with van der Waals surface area (Å²) < 4.78 is 4.58. The smallest absolute Gasteiger partial charge is 0.328 e. The van der Waals surface area contributed by atoms with E-state index in [9.17, 15) is 14.4 Å². The maximum absolute atomic E-state index is 11.7. The van der Waals surface area contributed by atoms with Crippen LogP contribution in [0.4, 0.5) is 4.79 Å². The average Bonchev–Trinajstić information content (AvgIpc) is 2.34. The molecule has 3 N–H and O–H groups in total. The van der Waals surface area contributed by atoms with E-state index in [1.807, 2.05) is 6.92 Å². The van der Waals surface area contributed by atoms with E-state index in [0.717, 1.165) is 0 Å². The summed E-state index contributed by atoms with van der Waals surface area (Å²) in [5, 5.41) is 13.7. The first-order chi connectivity index (χ1) is 8.83. The van der Waals surface area contributed by atoms with Gasteiger partial charge in [0.15, 0.2) is 0 Å². The Hall–Kier alpha value is -1.79. The molecular weight excluding hydrogens is 252 g/mol. The van der Waals surface area contributed by atoms with Crippen LogP contribution < -0.4 is 10.6 Å². The predicted octanol–water partition coefficient (Wildman–Crippen LogP) is 0.737. The Labute approximate surface area is 112 Å². The third kappa shape index (κ3) is 6.08. The molecule has 2 amide bonds. The zero-order valence-electron chi connectivity index (χ0n) is 11.7. The van der Waals surface area contributed by atoms with Crippen LogP contribution in [0.5, 0.6) is 0 Å². The van der Waals surface area contributed by atoms with Crippen LogP contribution in [-0.2, 0) is 14.3 Å². The maximum atomic E-state index is 11.7. The molecule has 0 aliphatic rings. The Bertz CT molecular complexity index is 330. The second-order valence-electron chi connectivity index (χ2n) is 4.54. The second-order valence-corrected chi connectivity index (χ2v) is 4.54. The average molecular weight is 274 g/mol. The van der Waals surface area contributed by atoms with E-state index < -0.39 is 30.1 Å². The summed E-state index contributed by atoms with van der Waals surface area (Å²) in [5.41, 5.74) is 0. The molecule has 0 aliphatic carbocycles. The molecule has 0 saturated heterocycles. The van der Waals surface area contributed by atoms with Gasteiger partial charge in [-0.2, -0.15) is 0 Å². The van der Waals surface area contributed by atoms with Crippen molar-refractivity contribution in [1.29, 1.82) is 0 Å². The van der Waals surface area contributed by atoms with E-state index in [1.165, 1.54) is 7.11 Å². The third-order valence-corrected chi connectivity index (χ3v) is 2.59. The van der Waals surface area contributed by atoms with Crippen molar-refractivity contribution < 1.29 is 24.2 Å². The van der Waals surface area contributed by atoms with E-state index >= 15 is 0 Å². The van der Waals surface area contributed by atoms with Crippen LogP contribution >= 0.6 is 0 Å². The molecule has 0 aromatic carbocycles. The molecule has 0 aliphatic heterocycles. The Morgan fingerprint density at radius 3 is 2.16 bits per heavy atom. The molecule has 0 radical (unpaired) electrons. The van der Waals surface area contributed by atoms with Gasteiger partial charge < -0.3 is 20.5 Å². The summed E-state index contributed by atoms with van der Waals surface area (Å²) >= 11 is 0. The molecule has 0 saturated carbocycles. The van der Waals surface area contributed by atoms with Gasteiger partial charge in [-0.3, -0.25) is 0 Å². The number of esters is 1. The number of carbonyl (C=O) groups is 3. The minimum Gasteiger partial charge on any atom is -0.480 e. The van der Waals surface area contributed by atoms with Crippen molar-refractivity contribution in [2.75, 3.05) is 7.11 Å². The van der Waals surface area contributed by atoms with Crippen LogP contribution in [0.25, 0.3) is 0 Å². The minimum absolute atomic E-state index is 0.160. The molecule has 19 heavy (non-hydrogen) atoms. The number of carboxylic acid groups (broad SMARTS) is 1. The maximum Gasteiger partial charge on any atom is 0.328 e. The van der Waals surface area contributed by atoms with Gasteiger partial charge in [0.05, 0.1) is 7.11 Å². The van der Waals surface area contributed by atoms with Gasteiger partial charge in [-0.05, 0) is 12.3 Å². The Morgan fingerprint density at radius 2 is 1.79 bits per heavy atom. The van der Waals surface area contributed by atoms with E-state index in [-0.39, 0.29) is 5.92 Å². The first kappa shape index (κ1) is 17.2. The van der Waals surface area contributed by atoms with Crippen LogP contribution in [-0.4, -0.2) is 42.3 Å². The summed E-state index contributed by atoms with van der Waals surface area (Å²) in [6.45, 7) is 5.33. The molecule has 2 atom stereocenters. The molecule has 1 unspecified atom stereocenters. The zero-order valence-corrected chi connectivity index (χ0v) is 11.7. The minimum atomic E-state index is -1.10. The van der Waals surface area contributed by atoms with Crippen molar-refractivity contribution >= 4 is 18.0 Å². The fraction of sp³-hybridized carbons (Fsp3) is 0.750. The summed E-state index contributed by atoms with van der Waals surface area (Å²) in [7, 11) is 1.23. The number of rotatable bonds is 7. The molecular formula is C12H22N2O5. The van der Waals surface area contributed by atoms with Gasteiger partial charge >= 0.3 is 18.0 Å². The van der Waals surface area contributed by atoms with Crippen LogP contribution in [0.2, 0.25) is 0 Å². The topological polar surface area (TPSA) is 105 Å². The number of nitrogens with one attached hydrogen (secondary N) is 2. The lowest BCUT2D eigenvalue weighted by molar-refractivity contribution is -0.144. The summed E-state index contributed by atoms with van der Waals surface area (Å²) in [4.78, 5) is 34.0. The van der Waals surface area contributed by atoms with Crippen molar-refractivity contribution in [3.63, 3.8) is 0 Å². The van der Waals surface area contributed by atoms with E-state index in [4.69, 9.17) is 5.11 Å². The van der Waals surface area contributed by atoms with Gasteiger partial charge in [-0.25, -0.2) is 14.4 Å². The van der Waals surface area contributed by atoms with Gasteiger partial charge in [0, 0.05) is 0 Å². The van der Waals surface area contributed by atoms with Crippen molar-refractivity contribution in [2.45, 2.75) is 45.7 Å². The standard InChI is InChI=1S/C12H22N2O5/c1-5-6-8(10(15)16)13-12(18)14-9(7(2)3)11(17)19-4/h7-9H,5-6H2,1-4H3,(H,15,16)(H2,13,14,18)/t8-,9?/m1/s1. The number of urea groups is 1. The molecule has 7 nitrogen and oxygen atoms in total. The van der Waals surface area contributed by atoms with Gasteiger partial charge in [0.1, 0.15) is 12.1 Å². The fourth-order valence-corrected chi connectivity index (χ4v) is 1.51. The molecule has 0 aromatic heterocycles. The quantitative estimate of drug-likeness (QED) is 0.594. The Balaban J connectivity index is 4.56. The highest BCUT2D eigenvalue weighted by Crippen LogP contribution is 2.04. The number of methoxy groups -OCH3 is 1. The number of hydrogen-bond donors (Lipinski definition) is 3. The van der Waals surface area contributed by atoms with Gasteiger partial charge in [0.25, 0.3) is 0 Å². The second kappa shape index (κ2) is 8.34. The summed E-state index contributed by atoms with van der Waals surface area (Å²) in [6.07, 6.45) is 0.954. The van der Waals surface area contributed by atoms with Crippen LogP contribution in [0.3, 0.4) is 0 Å².